The van der Waals surface area contributed by atoms with Crippen LogP contribution in [0.25, 0.3) is 5.57 Å². The third kappa shape index (κ3) is 5.42. The summed E-state index contributed by atoms with van der Waals surface area (Å²) in [7, 11) is 0. The number of hydrogen-bond acceptors (Lipinski definition) is 6. The van der Waals surface area contributed by atoms with Crippen molar-refractivity contribution in [1.82, 2.24) is 15.0 Å². The lowest BCUT2D eigenvalue weighted by molar-refractivity contribution is -0.139. The minimum atomic E-state index is -4.71. The SMILES string of the molecule is [2H][C@]1(O)CCCC(c2nc(NC(C)C(F)(F)F)nc(N[C@H](C)C(F)(F)F)n2)=C1F. The standard InChI is InChI=1S/C15H18F7N5O/c1-6(14(17,18)19)23-12-25-11(8-4-3-5-9(28)10(8)16)26-13(27-12)24-7(2)15(20,21)22/h6-7,9,28H,3-5H2,1-2H3,(H2,23,24,25,26,27)/t6-,7?,9+/m1/s1/i9D. The van der Waals surface area contributed by atoms with Gasteiger partial charge in [0.05, 0.1) is 1.37 Å². The van der Waals surface area contributed by atoms with Crippen LogP contribution < -0.4 is 10.6 Å². The van der Waals surface area contributed by atoms with Gasteiger partial charge in [-0.1, -0.05) is 0 Å². The summed E-state index contributed by atoms with van der Waals surface area (Å²) in [6, 6.07) is -4.33. The van der Waals surface area contributed by atoms with Gasteiger partial charge in [0.15, 0.2) is 5.82 Å². The van der Waals surface area contributed by atoms with Gasteiger partial charge in [-0.15, -0.1) is 0 Å². The molecule has 6 nitrogen and oxygen atoms in total. The number of hydrogen-bond donors (Lipinski definition) is 3. The average Bonchev–Trinajstić information content (AvgIpc) is 2.55. The molecule has 0 amide bonds. The van der Waals surface area contributed by atoms with Crippen molar-refractivity contribution in [2.45, 2.75) is 63.6 Å². The zero-order valence-electron chi connectivity index (χ0n) is 15.7. The Kier molecular flexibility index (Phi) is 5.91. The molecule has 0 radical (unpaired) electrons. The van der Waals surface area contributed by atoms with Crippen LogP contribution in [0.15, 0.2) is 5.83 Å². The van der Waals surface area contributed by atoms with Crippen LogP contribution in [-0.2, 0) is 0 Å². The van der Waals surface area contributed by atoms with E-state index in [4.69, 9.17) is 1.37 Å². The molecule has 158 valence electrons. The van der Waals surface area contributed by atoms with Gasteiger partial charge in [-0.2, -0.15) is 41.3 Å². The van der Waals surface area contributed by atoms with Crippen LogP contribution in [0.4, 0.5) is 42.6 Å². The monoisotopic (exact) mass is 418 g/mol. The molecule has 28 heavy (non-hydrogen) atoms. The molecule has 1 unspecified atom stereocenters. The minimum absolute atomic E-state index is 0.0699. The largest absolute Gasteiger partial charge is 0.408 e. The number of anilines is 2. The van der Waals surface area contributed by atoms with Crippen molar-refractivity contribution >= 4 is 17.5 Å². The molecule has 1 aromatic rings. The third-order valence-electron chi connectivity index (χ3n) is 3.94. The first-order chi connectivity index (χ1) is 13.1. The molecular weight excluding hydrogens is 399 g/mol. The van der Waals surface area contributed by atoms with E-state index < -0.39 is 54.1 Å². The third-order valence-corrected chi connectivity index (χ3v) is 3.94. The van der Waals surface area contributed by atoms with Gasteiger partial charge in [0, 0.05) is 5.57 Å². The molecule has 0 aromatic carbocycles. The van der Waals surface area contributed by atoms with Crippen LogP contribution in [0.1, 0.15) is 40.3 Å². The Morgan fingerprint density at radius 2 is 1.46 bits per heavy atom. The van der Waals surface area contributed by atoms with Gasteiger partial charge in [0.2, 0.25) is 11.9 Å². The summed E-state index contributed by atoms with van der Waals surface area (Å²) in [5.74, 6) is -3.37. The van der Waals surface area contributed by atoms with Gasteiger partial charge in [0.1, 0.15) is 24.0 Å². The van der Waals surface area contributed by atoms with E-state index in [0.717, 1.165) is 13.8 Å². The fraction of sp³-hybridized carbons (Fsp3) is 0.667. The van der Waals surface area contributed by atoms with Crippen LogP contribution in [0.3, 0.4) is 0 Å². The highest BCUT2D eigenvalue weighted by Gasteiger charge is 2.38. The van der Waals surface area contributed by atoms with Gasteiger partial charge in [-0.25, -0.2) is 4.39 Å². The van der Waals surface area contributed by atoms with Crippen molar-refractivity contribution in [3.05, 3.63) is 11.7 Å². The molecule has 1 aliphatic rings. The summed E-state index contributed by atoms with van der Waals surface area (Å²) in [4.78, 5) is 10.8. The fourth-order valence-electron chi connectivity index (χ4n) is 2.23. The molecular formula is C15H18F7N5O. The second-order valence-electron chi connectivity index (χ2n) is 6.21. The first-order valence-corrected chi connectivity index (χ1v) is 8.15. The number of rotatable bonds is 5. The first-order valence-electron chi connectivity index (χ1n) is 8.65. The van der Waals surface area contributed by atoms with E-state index in [0.29, 0.717) is 0 Å². The van der Waals surface area contributed by atoms with E-state index in [1.165, 1.54) is 0 Å². The summed E-state index contributed by atoms with van der Waals surface area (Å²) in [5, 5.41) is 13.5. The Balaban J connectivity index is 2.50. The van der Waals surface area contributed by atoms with Crippen molar-refractivity contribution < 1.29 is 37.2 Å². The van der Waals surface area contributed by atoms with Crippen molar-refractivity contribution in [2.75, 3.05) is 10.6 Å². The van der Waals surface area contributed by atoms with E-state index in [1.807, 2.05) is 10.6 Å². The molecule has 0 saturated carbocycles. The Labute approximate surface area is 156 Å². The maximum Gasteiger partial charge on any atom is 0.408 e. The quantitative estimate of drug-likeness (QED) is 0.631. The number of aromatic nitrogens is 3. The molecule has 13 heteroatoms. The maximum atomic E-state index is 14.4. The summed E-state index contributed by atoms with van der Waals surface area (Å²) >= 11 is 0. The number of nitrogens with zero attached hydrogens (tertiary/aromatic N) is 3. The molecule has 1 aliphatic carbocycles. The van der Waals surface area contributed by atoms with E-state index >= 15 is 0 Å². The smallest absolute Gasteiger partial charge is 0.386 e. The normalized spacial score (nSPS) is 23.9. The van der Waals surface area contributed by atoms with Crippen molar-refractivity contribution in [2.24, 2.45) is 0 Å². The summed E-state index contributed by atoms with van der Waals surface area (Å²) in [5.41, 5.74) is -0.387. The zero-order chi connectivity index (χ0) is 22.2. The van der Waals surface area contributed by atoms with Gasteiger partial charge >= 0.3 is 12.4 Å². The fourth-order valence-corrected chi connectivity index (χ4v) is 2.23. The lowest BCUT2D eigenvalue weighted by atomic mass is 9.96. The van der Waals surface area contributed by atoms with Crippen molar-refractivity contribution in [1.29, 1.82) is 0 Å². The highest BCUT2D eigenvalue weighted by molar-refractivity contribution is 5.65. The van der Waals surface area contributed by atoms with Crippen LogP contribution in [-0.4, -0.2) is 50.6 Å². The molecule has 0 fully saturated rings. The van der Waals surface area contributed by atoms with E-state index in [2.05, 4.69) is 15.0 Å². The molecule has 1 aromatic heterocycles. The van der Waals surface area contributed by atoms with E-state index in [9.17, 15) is 35.8 Å². The maximum absolute atomic E-state index is 14.4. The van der Waals surface area contributed by atoms with Crippen LogP contribution in [0, 0.1) is 0 Å². The zero-order valence-corrected chi connectivity index (χ0v) is 14.7. The van der Waals surface area contributed by atoms with Gasteiger partial charge in [0.25, 0.3) is 0 Å². The van der Waals surface area contributed by atoms with Gasteiger partial charge in [-0.3, -0.25) is 0 Å². The van der Waals surface area contributed by atoms with Crippen LogP contribution >= 0.6 is 0 Å². The number of halogens is 7. The van der Waals surface area contributed by atoms with E-state index in [1.54, 1.807) is 0 Å². The molecule has 3 atom stereocenters. The predicted octanol–water partition coefficient (Wildman–Crippen LogP) is 3.82. The first kappa shape index (κ1) is 20.6. The lowest BCUT2D eigenvalue weighted by Gasteiger charge is -2.22. The summed E-state index contributed by atoms with van der Waals surface area (Å²) < 4.78 is 98.7. The Hall–Kier alpha value is -2.18. The topological polar surface area (TPSA) is 83.0 Å². The number of allylic oxidation sites excluding steroid dienone is 1. The van der Waals surface area contributed by atoms with Crippen molar-refractivity contribution in [3.63, 3.8) is 0 Å². The molecule has 0 aliphatic heterocycles. The number of alkyl halides is 6. The molecule has 0 saturated heterocycles. The number of aliphatic hydroxyl groups is 1. The van der Waals surface area contributed by atoms with Gasteiger partial charge < -0.3 is 15.7 Å². The Morgan fingerprint density at radius 1 is 1.00 bits per heavy atom. The molecule has 0 bridgehead atoms. The molecule has 3 N–H and O–H groups in total. The Morgan fingerprint density at radius 3 is 1.89 bits per heavy atom. The lowest BCUT2D eigenvalue weighted by Crippen LogP contribution is -2.35. The highest BCUT2D eigenvalue weighted by atomic mass is 19.4. The summed E-state index contributed by atoms with van der Waals surface area (Å²) in [6.07, 6.45) is -12.2. The second kappa shape index (κ2) is 8.05. The molecule has 1 heterocycles. The number of nitrogens with one attached hydrogen (secondary N) is 2. The molecule has 0 spiro atoms. The second-order valence-corrected chi connectivity index (χ2v) is 6.21. The molecule has 2 rings (SSSR count). The van der Waals surface area contributed by atoms with E-state index in [-0.39, 0.29) is 24.8 Å². The van der Waals surface area contributed by atoms with Gasteiger partial charge in [-0.05, 0) is 33.1 Å². The highest BCUT2D eigenvalue weighted by Crippen LogP contribution is 2.33. The Bertz CT molecular complexity index is 741. The average molecular weight is 418 g/mol. The minimum Gasteiger partial charge on any atom is -0.386 e. The van der Waals surface area contributed by atoms with Crippen LogP contribution in [0.5, 0.6) is 0 Å². The summed E-state index contributed by atoms with van der Waals surface area (Å²) in [6.45, 7) is 1.47. The van der Waals surface area contributed by atoms with Crippen molar-refractivity contribution in [3.8, 4) is 0 Å². The predicted molar refractivity (Wildman–Crippen MR) is 86.0 cm³/mol. The van der Waals surface area contributed by atoms with Crippen LogP contribution in [0.2, 0.25) is 0 Å².